The Morgan fingerprint density at radius 1 is 0.923 bits per heavy atom. The van der Waals surface area contributed by atoms with Crippen molar-refractivity contribution in [3.8, 4) is 11.5 Å². The monoisotopic (exact) mass is 358 g/mol. The molecule has 2 aromatic carbocycles. The Kier molecular flexibility index (Phi) is 7.44. The number of benzene rings is 2. The first kappa shape index (κ1) is 19.8. The molecule has 0 bridgehead atoms. The maximum Gasteiger partial charge on any atom is 0.319 e. The first-order valence-electron chi connectivity index (χ1n) is 8.51. The van der Waals surface area contributed by atoms with E-state index in [1.54, 1.807) is 24.3 Å². The summed E-state index contributed by atoms with van der Waals surface area (Å²) >= 11 is 0. The fraction of sp³-hybridized carbons (Fsp3) is 0.350. The average molecular weight is 358 g/mol. The van der Waals surface area contributed by atoms with E-state index >= 15 is 0 Å². The van der Waals surface area contributed by atoms with Crippen molar-refractivity contribution in [2.75, 3.05) is 33.8 Å². The molecule has 0 saturated heterocycles. The number of likely N-dealkylation sites (N-methyl/N-ethyl adjacent to an activating group) is 1. The van der Waals surface area contributed by atoms with E-state index < -0.39 is 0 Å². The van der Waals surface area contributed by atoms with Crippen LogP contribution >= 0.6 is 0 Å². The van der Waals surface area contributed by atoms with Crippen molar-refractivity contribution in [3.63, 3.8) is 0 Å². The minimum absolute atomic E-state index is 0.148. The Morgan fingerprint density at radius 3 is 2.00 bits per heavy atom. The van der Waals surface area contributed by atoms with E-state index in [0.29, 0.717) is 26.2 Å². The molecule has 0 heterocycles. The number of ether oxygens (including phenoxy) is 1. The van der Waals surface area contributed by atoms with Crippen LogP contribution in [-0.4, -0.2) is 59.8 Å². The molecular weight excluding hydrogens is 332 g/mol. The van der Waals surface area contributed by atoms with Gasteiger partial charge in [-0.25, -0.2) is 0 Å². The van der Waals surface area contributed by atoms with Crippen LogP contribution in [0.25, 0.3) is 0 Å². The zero-order valence-electron chi connectivity index (χ0n) is 15.3. The number of phenolic OH excluding ortho intramolecular Hbond substituents is 2. The summed E-state index contributed by atoms with van der Waals surface area (Å²) in [6.07, 6.45) is 0. The predicted octanol–water partition coefficient (Wildman–Crippen LogP) is 2.20. The smallest absolute Gasteiger partial charge is 0.319 e. The minimum Gasteiger partial charge on any atom is -0.508 e. The molecule has 6 nitrogen and oxygen atoms in total. The largest absolute Gasteiger partial charge is 0.508 e. The van der Waals surface area contributed by atoms with Crippen LogP contribution in [0.2, 0.25) is 0 Å². The number of aromatic hydroxyl groups is 2. The Hall–Kier alpha value is -2.57. The predicted molar refractivity (Wildman–Crippen MR) is 99.8 cm³/mol. The second-order valence-electron chi connectivity index (χ2n) is 6.28. The van der Waals surface area contributed by atoms with Gasteiger partial charge >= 0.3 is 5.97 Å². The molecule has 6 heteroatoms. The number of esters is 1. The van der Waals surface area contributed by atoms with E-state index in [1.165, 1.54) is 7.11 Å². The van der Waals surface area contributed by atoms with Gasteiger partial charge in [-0.15, -0.1) is 0 Å². The van der Waals surface area contributed by atoms with Gasteiger partial charge in [-0.05, 0) is 19.2 Å². The number of methoxy groups -OCH3 is 1. The lowest BCUT2D eigenvalue weighted by atomic mass is 10.2. The van der Waals surface area contributed by atoms with Crippen LogP contribution in [0.5, 0.6) is 11.5 Å². The zero-order valence-corrected chi connectivity index (χ0v) is 15.3. The van der Waals surface area contributed by atoms with E-state index in [9.17, 15) is 15.0 Å². The summed E-state index contributed by atoms with van der Waals surface area (Å²) in [7, 11) is 3.33. The van der Waals surface area contributed by atoms with Crippen molar-refractivity contribution < 1.29 is 19.7 Å². The first-order chi connectivity index (χ1) is 12.5. The molecule has 0 amide bonds. The van der Waals surface area contributed by atoms with Crippen molar-refractivity contribution in [2.45, 2.75) is 13.1 Å². The SMILES string of the molecule is COC(=O)CN(CCN(C)Cc1ccccc1O)Cc1ccccc1O. The number of para-hydroxylation sites is 2. The van der Waals surface area contributed by atoms with Crippen molar-refractivity contribution >= 4 is 5.97 Å². The third kappa shape index (κ3) is 6.06. The minimum atomic E-state index is -0.316. The highest BCUT2D eigenvalue weighted by molar-refractivity contribution is 5.71. The fourth-order valence-electron chi connectivity index (χ4n) is 2.67. The van der Waals surface area contributed by atoms with E-state index in [0.717, 1.165) is 11.1 Å². The Balaban J connectivity index is 1.96. The third-order valence-corrected chi connectivity index (χ3v) is 4.20. The summed E-state index contributed by atoms with van der Waals surface area (Å²) in [5.41, 5.74) is 1.62. The maximum atomic E-state index is 11.7. The third-order valence-electron chi connectivity index (χ3n) is 4.20. The Morgan fingerprint density at radius 2 is 1.46 bits per heavy atom. The van der Waals surface area contributed by atoms with Gasteiger partial charge in [0.2, 0.25) is 0 Å². The van der Waals surface area contributed by atoms with Crippen LogP contribution in [0.3, 0.4) is 0 Å². The van der Waals surface area contributed by atoms with Crippen LogP contribution in [0, 0.1) is 0 Å². The van der Waals surface area contributed by atoms with Gasteiger partial charge in [0, 0.05) is 37.3 Å². The lowest BCUT2D eigenvalue weighted by Gasteiger charge is -2.25. The van der Waals surface area contributed by atoms with Crippen LogP contribution in [-0.2, 0) is 22.6 Å². The number of rotatable bonds is 9. The standard InChI is InChI=1S/C20H26N2O4/c1-21(13-16-7-3-5-9-18(16)23)11-12-22(15-20(25)26-2)14-17-8-4-6-10-19(17)24/h3-10,23-24H,11-15H2,1-2H3. The van der Waals surface area contributed by atoms with E-state index in [2.05, 4.69) is 4.90 Å². The number of phenols is 2. The van der Waals surface area contributed by atoms with Gasteiger partial charge in [0.1, 0.15) is 11.5 Å². The molecule has 0 aliphatic carbocycles. The van der Waals surface area contributed by atoms with Crippen molar-refractivity contribution in [1.82, 2.24) is 9.80 Å². The summed E-state index contributed by atoms with van der Waals surface area (Å²) in [6.45, 7) is 2.52. The molecular formula is C20H26N2O4. The van der Waals surface area contributed by atoms with Crippen molar-refractivity contribution in [2.24, 2.45) is 0 Å². The van der Waals surface area contributed by atoms with Crippen LogP contribution in [0.1, 0.15) is 11.1 Å². The molecule has 0 saturated carbocycles. The van der Waals surface area contributed by atoms with Gasteiger partial charge in [-0.3, -0.25) is 9.69 Å². The van der Waals surface area contributed by atoms with Gasteiger partial charge < -0.3 is 19.8 Å². The molecule has 0 unspecified atom stereocenters. The molecule has 0 aromatic heterocycles. The van der Waals surface area contributed by atoms with Crippen molar-refractivity contribution in [1.29, 1.82) is 0 Å². The van der Waals surface area contributed by atoms with Crippen LogP contribution < -0.4 is 0 Å². The Bertz CT molecular complexity index is 720. The highest BCUT2D eigenvalue weighted by Gasteiger charge is 2.14. The summed E-state index contributed by atoms with van der Waals surface area (Å²) in [4.78, 5) is 15.7. The number of carbonyl (C=O) groups excluding carboxylic acids is 1. The molecule has 0 aliphatic heterocycles. The molecule has 0 radical (unpaired) electrons. The van der Waals surface area contributed by atoms with Gasteiger partial charge in [-0.2, -0.15) is 0 Å². The van der Waals surface area contributed by atoms with E-state index in [1.807, 2.05) is 36.2 Å². The zero-order chi connectivity index (χ0) is 18.9. The van der Waals surface area contributed by atoms with Crippen LogP contribution in [0.4, 0.5) is 0 Å². The quantitative estimate of drug-likeness (QED) is 0.670. The van der Waals surface area contributed by atoms with Crippen molar-refractivity contribution in [3.05, 3.63) is 59.7 Å². The highest BCUT2D eigenvalue weighted by atomic mass is 16.5. The maximum absolute atomic E-state index is 11.7. The highest BCUT2D eigenvalue weighted by Crippen LogP contribution is 2.19. The molecule has 0 spiro atoms. The number of carbonyl (C=O) groups is 1. The normalized spacial score (nSPS) is 11.1. The summed E-state index contributed by atoms with van der Waals surface area (Å²) in [6, 6.07) is 14.3. The number of hydrogen-bond donors (Lipinski definition) is 2. The summed E-state index contributed by atoms with van der Waals surface area (Å²) in [5, 5.41) is 19.9. The molecule has 26 heavy (non-hydrogen) atoms. The summed E-state index contributed by atoms with van der Waals surface area (Å²) in [5.74, 6) is 0.175. The lowest BCUT2D eigenvalue weighted by Crippen LogP contribution is -2.36. The van der Waals surface area contributed by atoms with Gasteiger partial charge in [0.05, 0.1) is 13.7 Å². The molecule has 2 rings (SSSR count). The van der Waals surface area contributed by atoms with Gasteiger partial charge in [0.15, 0.2) is 0 Å². The molecule has 0 atom stereocenters. The van der Waals surface area contributed by atoms with E-state index in [4.69, 9.17) is 4.74 Å². The molecule has 140 valence electrons. The second kappa shape index (κ2) is 9.79. The molecule has 0 aliphatic rings. The lowest BCUT2D eigenvalue weighted by molar-refractivity contribution is -0.142. The number of hydrogen-bond acceptors (Lipinski definition) is 6. The van der Waals surface area contributed by atoms with Crippen LogP contribution in [0.15, 0.2) is 48.5 Å². The fourth-order valence-corrected chi connectivity index (χ4v) is 2.67. The second-order valence-corrected chi connectivity index (χ2v) is 6.28. The average Bonchev–Trinajstić information content (AvgIpc) is 2.63. The first-order valence-corrected chi connectivity index (χ1v) is 8.51. The van der Waals surface area contributed by atoms with Gasteiger partial charge in [0.25, 0.3) is 0 Å². The Labute approximate surface area is 154 Å². The van der Waals surface area contributed by atoms with E-state index in [-0.39, 0.29) is 24.0 Å². The molecule has 2 N–H and O–H groups in total. The summed E-state index contributed by atoms with van der Waals surface area (Å²) < 4.78 is 4.78. The van der Waals surface area contributed by atoms with Gasteiger partial charge in [-0.1, -0.05) is 36.4 Å². The number of nitrogens with zero attached hydrogens (tertiary/aromatic N) is 2. The molecule has 0 fully saturated rings. The topological polar surface area (TPSA) is 73.2 Å². The molecule has 2 aromatic rings.